The highest BCUT2D eigenvalue weighted by Gasteiger charge is 2.27. The number of methoxy groups -OCH3 is 1. The molecule has 3 aromatic rings. The van der Waals surface area contributed by atoms with Crippen LogP contribution in [0.1, 0.15) is 26.8 Å². The van der Waals surface area contributed by atoms with E-state index >= 15 is 0 Å². The molecule has 0 radical (unpaired) electrons. The van der Waals surface area contributed by atoms with Crippen molar-refractivity contribution in [1.29, 1.82) is 0 Å². The van der Waals surface area contributed by atoms with Crippen LogP contribution in [0, 0.1) is 6.92 Å². The van der Waals surface area contributed by atoms with Crippen molar-refractivity contribution < 1.29 is 19.4 Å². The molecule has 0 amide bonds. The predicted molar refractivity (Wildman–Crippen MR) is 92.2 cm³/mol. The number of carboxylic acids is 1. The molecule has 128 valence electrons. The molecule has 2 aromatic heterocycles. The summed E-state index contributed by atoms with van der Waals surface area (Å²) in [7, 11) is 1.24. The van der Waals surface area contributed by atoms with E-state index in [0.29, 0.717) is 16.0 Å². The van der Waals surface area contributed by atoms with Crippen LogP contribution in [-0.4, -0.2) is 33.7 Å². The van der Waals surface area contributed by atoms with Gasteiger partial charge in [-0.05, 0) is 18.1 Å². The van der Waals surface area contributed by atoms with E-state index in [4.69, 9.17) is 4.74 Å². The molecular formula is C17H14N2O5S. The second-order valence-electron chi connectivity index (χ2n) is 5.33. The van der Waals surface area contributed by atoms with Gasteiger partial charge in [0.1, 0.15) is 16.0 Å². The molecule has 2 heterocycles. The maximum atomic E-state index is 12.9. The fourth-order valence-corrected chi connectivity index (χ4v) is 3.66. The summed E-state index contributed by atoms with van der Waals surface area (Å²) in [6.45, 7) is 1.56. The monoisotopic (exact) mass is 358 g/mol. The Kier molecular flexibility index (Phi) is 4.37. The first kappa shape index (κ1) is 16.8. The lowest BCUT2D eigenvalue weighted by Crippen LogP contribution is -2.31. The topological polar surface area (TPSA) is 98.5 Å². The van der Waals surface area contributed by atoms with Crippen molar-refractivity contribution in [2.75, 3.05) is 7.11 Å². The summed E-state index contributed by atoms with van der Waals surface area (Å²) in [4.78, 5) is 41.1. The minimum atomic E-state index is -1.11. The molecule has 0 aliphatic heterocycles. The normalized spacial score (nSPS) is 12.1. The summed E-state index contributed by atoms with van der Waals surface area (Å²) < 4.78 is 6.02. The van der Waals surface area contributed by atoms with Gasteiger partial charge >= 0.3 is 11.9 Å². The Morgan fingerprint density at radius 2 is 1.96 bits per heavy atom. The second-order valence-corrected chi connectivity index (χ2v) is 6.33. The van der Waals surface area contributed by atoms with Gasteiger partial charge in [-0.25, -0.2) is 14.6 Å². The van der Waals surface area contributed by atoms with Crippen LogP contribution in [0.25, 0.3) is 10.2 Å². The van der Waals surface area contributed by atoms with Crippen LogP contribution < -0.4 is 5.56 Å². The number of esters is 1. The van der Waals surface area contributed by atoms with Gasteiger partial charge in [0, 0.05) is 0 Å². The Morgan fingerprint density at radius 3 is 2.56 bits per heavy atom. The van der Waals surface area contributed by atoms with Gasteiger partial charge in [-0.3, -0.25) is 9.36 Å². The first-order chi connectivity index (χ1) is 12.0. The number of hydrogen-bond acceptors (Lipinski definition) is 6. The minimum absolute atomic E-state index is 0.0617. The molecule has 0 saturated carbocycles. The average molecular weight is 358 g/mol. The van der Waals surface area contributed by atoms with Gasteiger partial charge in [0.05, 0.1) is 12.5 Å². The molecule has 3 rings (SSSR count). The van der Waals surface area contributed by atoms with Crippen molar-refractivity contribution in [3.63, 3.8) is 0 Å². The molecule has 1 unspecified atom stereocenters. The second kappa shape index (κ2) is 6.48. The molecule has 0 bridgehead atoms. The number of carboxylic acid groups (broad SMARTS) is 1. The minimum Gasteiger partial charge on any atom is -0.477 e. The summed E-state index contributed by atoms with van der Waals surface area (Å²) in [5.74, 6) is -1.72. The van der Waals surface area contributed by atoms with Crippen LogP contribution in [0.3, 0.4) is 0 Å². The summed E-state index contributed by atoms with van der Waals surface area (Å²) in [5.41, 5.74) is 0.436. The van der Waals surface area contributed by atoms with Crippen molar-refractivity contribution in [1.82, 2.24) is 9.55 Å². The molecule has 0 spiro atoms. The number of carbonyl (C=O) groups excluding carboxylic acids is 1. The summed E-state index contributed by atoms with van der Waals surface area (Å²) >= 11 is 0.936. The molecule has 1 aromatic carbocycles. The lowest BCUT2D eigenvalue weighted by Gasteiger charge is -2.17. The molecule has 8 heteroatoms. The third kappa shape index (κ3) is 2.80. The largest absolute Gasteiger partial charge is 0.477 e. The van der Waals surface area contributed by atoms with Crippen LogP contribution >= 0.6 is 11.3 Å². The van der Waals surface area contributed by atoms with Gasteiger partial charge in [0.15, 0.2) is 6.04 Å². The average Bonchev–Trinajstić information content (AvgIpc) is 2.95. The van der Waals surface area contributed by atoms with Crippen molar-refractivity contribution in [3.8, 4) is 0 Å². The molecule has 1 N–H and O–H groups in total. The van der Waals surface area contributed by atoms with Crippen molar-refractivity contribution in [2.24, 2.45) is 0 Å². The summed E-state index contributed by atoms with van der Waals surface area (Å²) in [6.07, 6.45) is 1.25. The van der Waals surface area contributed by atoms with E-state index < -0.39 is 23.5 Å². The molecule has 7 nitrogen and oxygen atoms in total. The van der Waals surface area contributed by atoms with Crippen LogP contribution in [-0.2, 0) is 9.53 Å². The lowest BCUT2D eigenvalue weighted by molar-refractivity contribution is -0.143. The third-order valence-electron chi connectivity index (χ3n) is 3.89. The Hall–Kier alpha value is -3.00. The zero-order chi connectivity index (χ0) is 18.1. The van der Waals surface area contributed by atoms with E-state index in [-0.39, 0.29) is 10.3 Å². The van der Waals surface area contributed by atoms with Crippen molar-refractivity contribution >= 4 is 33.5 Å². The van der Waals surface area contributed by atoms with E-state index in [1.165, 1.54) is 18.0 Å². The molecule has 0 aliphatic carbocycles. The maximum Gasteiger partial charge on any atom is 0.346 e. The molecule has 1 atom stereocenters. The van der Waals surface area contributed by atoms with Gasteiger partial charge in [-0.2, -0.15) is 0 Å². The highest BCUT2D eigenvalue weighted by atomic mass is 32.1. The number of benzene rings is 1. The Balaban J connectivity index is 2.27. The number of rotatable bonds is 4. The SMILES string of the molecule is COC(=O)C(c1ccccc1)n1cnc2sc(C(=O)O)c(C)c2c1=O. The zero-order valence-corrected chi connectivity index (χ0v) is 14.2. The van der Waals surface area contributed by atoms with E-state index in [0.717, 1.165) is 11.3 Å². The Morgan fingerprint density at radius 1 is 1.28 bits per heavy atom. The van der Waals surface area contributed by atoms with Gasteiger partial charge < -0.3 is 9.84 Å². The van der Waals surface area contributed by atoms with Crippen molar-refractivity contribution in [3.05, 3.63) is 63.0 Å². The fourth-order valence-electron chi connectivity index (χ4n) is 2.68. The predicted octanol–water partition coefficient (Wildman–Crippen LogP) is 2.23. The Labute approximate surface area is 146 Å². The first-order valence-electron chi connectivity index (χ1n) is 7.32. The molecule has 25 heavy (non-hydrogen) atoms. The number of nitrogens with zero attached hydrogens (tertiary/aromatic N) is 2. The molecule has 0 saturated heterocycles. The quantitative estimate of drug-likeness (QED) is 0.718. The number of thiophene rings is 1. The van der Waals surface area contributed by atoms with Crippen LogP contribution in [0.4, 0.5) is 0 Å². The number of aryl methyl sites for hydroxylation is 1. The Bertz CT molecular complexity index is 1020. The standard InChI is InChI=1S/C17H14N2O5S/c1-9-11-14(25-13(9)16(21)22)18-8-19(15(11)20)12(17(23)24-2)10-6-4-3-5-7-10/h3-8,12H,1-2H3,(H,21,22). The van der Waals surface area contributed by atoms with E-state index in [1.807, 2.05) is 0 Å². The zero-order valence-electron chi connectivity index (χ0n) is 13.4. The van der Waals surface area contributed by atoms with Gasteiger partial charge in [-0.15, -0.1) is 11.3 Å². The van der Waals surface area contributed by atoms with Gasteiger partial charge in [0.2, 0.25) is 0 Å². The number of aromatic nitrogens is 2. The third-order valence-corrected chi connectivity index (χ3v) is 5.08. The van der Waals surface area contributed by atoms with E-state index in [9.17, 15) is 19.5 Å². The van der Waals surface area contributed by atoms with Crippen molar-refractivity contribution in [2.45, 2.75) is 13.0 Å². The van der Waals surface area contributed by atoms with Crippen LogP contribution in [0.5, 0.6) is 0 Å². The number of aromatic carboxylic acids is 1. The molecule has 0 aliphatic rings. The molecular weight excluding hydrogens is 344 g/mol. The highest BCUT2D eigenvalue weighted by Crippen LogP contribution is 2.28. The van der Waals surface area contributed by atoms with Crippen LogP contribution in [0.15, 0.2) is 41.5 Å². The lowest BCUT2D eigenvalue weighted by atomic mass is 10.1. The smallest absolute Gasteiger partial charge is 0.346 e. The highest BCUT2D eigenvalue weighted by molar-refractivity contribution is 7.20. The molecule has 0 fully saturated rings. The number of ether oxygens (including phenoxy) is 1. The number of carbonyl (C=O) groups is 2. The summed E-state index contributed by atoms with van der Waals surface area (Å²) in [6, 6.07) is 7.72. The number of fused-ring (bicyclic) bond motifs is 1. The fraction of sp³-hybridized carbons (Fsp3) is 0.176. The maximum absolute atomic E-state index is 12.9. The van der Waals surface area contributed by atoms with Gasteiger partial charge in [0.25, 0.3) is 5.56 Å². The van der Waals surface area contributed by atoms with Crippen LogP contribution in [0.2, 0.25) is 0 Å². The van der Waals surface area contributed by atoms with E-state index in [1.54, 1.807) is 37.3 Å². The number of hydrogen-bond donors (Lipinski definition) is 1. The summed E-state index contributed by atoms with van der Waals surface area (Å²) in [5, 5.41) is 9.44. The first-order valence-corrected chi connectivity index (χ1v) is 8.13. The van der Waals surface area contributed by atoms with E-state index in [2.05, 4.69) is 4.98 Å². The van der Waals surface area contributed by atoms with Gasteiger partial charge in [-0.1, -0.05) is 30.3 Å².